The Bertz CT molecular complexity index is 597. The maximum atomic E-state index is 6.26. The summed E-state index contributed by atoms with van der Waals surface area (Å²) in [6, 6.07) is 12.3. The molecule has 1 aromatic carbocycles. The fraction of sp³-hybridized carbons (Fsp3) is 0.353. The Morgan fingerprint density at radius 1 is 1.33 bits per heavy atom. The molecule has 0 aliphatic carbocycles. The van der Waals surface area contributed by atoms with Crippen molar-refractivity contribution in [2.24, 2.45) is 5.92 Å². The Morgan fingerprint density at radius 2 is 2.14 bits per heavy atom. The van der Waals surface area contributed by atoms with Crippen LogP contribution in [0.4, 0.5) is 0 Å². The van der Waals surface area contributed by atoms with Crippen LogP contribution in [0.2, 0.25) is 5.02 Å². The summed E-state index contributed by atoms with van der Waals surface area (Å²) >= 11 is 5.97. The van der Waals surface area contributed by atoms with Crippen molar-refractivity contribution >= 4 is 11.6 Å². The number of aromatic nitrogens is 1. The van der Waals surface area contributed by atoms with Gasteiger partial charge in [-0.1, -0.05) is 41.9 Å². The zero-order valence-corrected chi connectivity index (χ0v) is 12.8. The molecule has 0 saturated carbocycles. The van der Waals surface area contributed by atoms with E-state index in [0.29, 0.717) is 16.8 Å². The molecule has 110 valence electrons. The van der Waals surface area contributed by atoms with Crippen molar-refractivity contribution < 1.29 is 4.74 Å². The van der Waals surface area contributed by atoms with Crippen molar-refractivity contribution in [2.75, 3.05) is 13.1 Å². The van der Waals surface area contributed by atoms with Gasteiger partial charge in [0.2, 0.25) is 5.88 Å². The van der Waals surface area contributed by atoms with Gasteiger partial charge in [-0.15, -0.1) is 0 Å². The highest BCUT2D eigenvalue weighted by Gasteiger charge is 2.28. The third-order valence-corrected chi connectivity index (χ3v) is 4.10. The van der Waals surface area contributed by atoms with Crippen molar-refractivity contribution in [3.8, 4) is 5.88 Å². The molecule has 2 heterocycles. The number of halogens is 1. The van der Waals surface area contributed by atoms with E-state index in [1.54, 1.807) is 6.20 Å². The van der Waals surface area contributed by atoms with Gasteiger partial charge in [-0.05, 0) is 31.5 Å². The molecule has 1 aromatic heterocycles. The van der Waals surface area contributed by atoms with Gasteiger partial charge in [-0.3, -0.25) is 0 Å². The summed E-state index contributed by atoms with van der Waals surface area (Å²) in [5.74, 6) is 1.13. The van der Waals surface area contributed by atoms with E-state index in [1.807, 2.05) is 19.1 Å². The molecule has 1 unspecified atom stereocenters. The molecular formula is C17H19ClN2O. The van der Waals surface area contributed by atoms with Gasteiger partial charge in [-0.2, -0.15) is 0 Å². The van der Waals surface area contributed by atoms with Gasteiger partial charge in [0.15, 0.2) is 0 Å². The molecule has 1 N–H and O–H groups in total. The lowest BCUT2D eigenvalue weighted by atomic mass is 9.95. The van der Waals surface area contributed by atoms with Gasteiger partial charge in [0, 0.05) is 24.2 Å². The molecule has 0 amide bonds. The second-order valence-corrected chi connectivity index (χ2v) is 5.91. The summed E-state index contributed by atoms with van der Waals surface area (Å²) in [5.41, 5.74) is 2.16. The summed E-state index contributed by atoms with van der Waals surface area (Å²) in [6.45, 7) is 4.00. The van der Waals surface area contributed by atoms with Crippen LogP contribution in [-0.4, -0.2) is 18.1 Å². The number of nitrogens with zero attached hydrogens (tertiary/aromatic N) is 1. The summed E-state index contributed by atoms with van der Waals surface area (Å²) in [6.07, 6.45) is 2.78. The minimum absolute atomic E-state index is 0.0218. The smallest absolute Gasteiger partial charge is 0.216 e. The van der Waals surface area contributed by atoms with E-state index < -0.39 is 0 Å². The Morgan fingerprint density at radius 3 is 2.81 bits per heavy atom. The van der Waals surface area contributed by atoms with Crippen molar-refractivity contribution in [1.82, 2.24) is 10.3 Å². The average molecular weight is 303 g/mol. The van der Waals surface area contributed by atoms with E-state index in [9.17, 15) is 0 Å². The number of aryl methyl sites for hydroxylation is 1. The maximum absolute atomic E-state index is 6.26. The number of benzene rings is 1. The summed E-state index contributed by atoms with van der Waals surface area (Å²) in [4.78, 5) is 4.34. The minimum atomic E-state index is 0.0218. The van der Waals surface area contributed by atoms with Gasteiger partial charge >= 0.3 is 0 Å². The van der Waals surface area contributed by atoms with E-state index in [2.05, 4.69) is 34.6 Å². The highest BCUT2D eigenvalue weighted by Crippen LogP contribution is 2.32. The monoisotopic (exact) mass is 302 g/mol. The van der Waals surface area contributed by atoms with E-state index in [1.165, 1.54) is 5.56 Å². The van der Waals surface area contributed by atoms with Gasteiger partial charge in [-0.25, -0.2) is 4.98 Å². The highest BCUT2D eigenvalue weighted by atomic mass is 35.5. The lowest BCUT2D eigenvalue weighted by Crippen LogP contribution is -2.22. The first kappa shape index (κ1) is 14.4. The Balaban J connectivity index is 1.88. The third-order valence-electron chi connectivity index (χ3n) is 3.89. The SMILES string of the molecule is Cc1cc(Cl)cnc1OC(c1ccccc1)[C@H]1CCNC1. The van der Waals surface area contributed by atoms with E-state index in [4.69, 9.17) is 16.3 Å². The number of hydrogen-bond acceptors (Lipinski definition) is 3. The van der Waals surface area contributed by atoms with Crippen molar-refractivity contribution in [3.05, 3.63) is 58.7 Å². The molecule has 1 aliphatic heterocycles. The topological polar surface area (TPSA) is 34.1 Å². The van der Waals surface area contributed by atoms with Crippen LogP contribution in [0, 0.1) is 12.8 Å². The molecule has 3 nitrogen and oxygen atoms in total. The molecule has 0 spiro atoms. The third kappa shape index (κ3) is 3.36. The quantitative estimate of drug-likeness (QED) is 0.933. The van der Waals surface area contributed by atoms with E-state index >= 15 is 0 Å². The molecule has 0 radical (unpaired) electrons. The van der Waals surface area contributed by atoms with Crippen LogP contribution in [0.3, 0.4) is 0 Å². The van der Waals surface area contributed by atoms with Gasteiger partial charge < -0.3 is 10.1 Å². The number of hydrogen-bond donors (Lipinski definition) is 1. The molecule has 0 bridgehead atoms. The first-order valence-electron chi connectivity index (χ1n) is 7.28. The molecule has 21 heavy (non-hydrogen) atoms. The first-order chi connectivity index (χ1) is 10.2. The number of nitrogens with one attached hydrogen (secondary N) is 1. The van der Waals surface area contributed by atoms with Gasteiger partial charge in [0.05, 0.1) is 5.02 Å². The number of ether oxygens (including phenoxy) is 1. The summed E-state index contributed by atoms with van der Waals surface area (Å²) in [7, 11) is 0. The van der Waals surface area contributed by atoms with Crippen LogP contribution in [-0.2, 0) is 0 Å². The zero-order chi connectivity index (χ0) is 14.7. The molecule has 2 aromatic rings. The zero-order valence-electron chi connectivity index (χ0n) is 12.1. The molecule has 2 atom stereocenters. The summed E-state index contributed by atoms with van der Waals surface area (Å²) in [5, 5.41) is 4.05. The van der Waals surface area contributed by atoms with E-state index in [-0.39, 0.29) is 6.10 Å². The average Bonchev–Trinajstić information content (AvgIpc) is 3.01. The predicted molar refractivity (Wildman–Crippen MR) is 84.8 cm³/mol. The Labute approximate surface area is 130 Å². The minimum Gasteiger partial charge on any atom is -0.469 e. The van der Waals surface area contributed by atoms with Crippen LogP contribution in [0.5, 0.6) is 5.88 Å². The molecule has 1 saturated heterocycles. The van der Waals surface area contributed by atoms with Crippen LogP contribution >= 0.6 is 11.6 Å². The van der Waals surface area contributed by atoms with Crippen molar-refractivity contribution in [2.45, 2.75) is 19.4 Å². The number of pyridine rings is 1. The maximum Gasteiger partial charge on any atom is 0.216 e. The molecule has 1 aliphatic rings. The van der Waals surface area contributed by atoms with Crippen LogP contribution in [0.1, 0.15) is 23.7 Å². The normalized spacial score (nSPS) is 19.4. The van der Waals surface area contributed by atoms with Crippen molar-refractivity contribution in [1.29, 1.82) is 0 Å². The van der Waals surface area contributed by atoms with Gasteiger partial charge in [0.1, 0.15) is 6.10 Å². The second kappa shape index (κ2) is 6.46. The largest absolute Gasteiger partial charge is 0.469 e. The molecule has 1 fully saturated rings. The summed E-state index contributed by atoms with van der Waals surface area (Å²) < 4.78 is 6.26. The number of rotatable bonds is 4. The second-order valence-electron chi connectivity index (χ2n) is 5.48. The van der Waals surface area contributed by atoms with E-state index in [0.717, 1.165) is 25.1 Å². The molecule has 3 rings (SSSR count). The van der Waals surface area contributed by atoms with Crippen LogP contribution in [0.25, 0.3) is 0 Å². The molecular weight excluding hydrogens is 284 g/mol. The van der Waals surface area contributed by atoms with Crippen LogP contribution in [0.15, 0.2) is 42.6 Å². The highest BCUT2D eigenvalue weighted by molar-refractivity contribution is 6.30. The predicted octanol–water partition coefficient (Wildman–Crippen LogP) is 3.77. The lowest BCUT2D eigenvalue weighted by Gasteiger charge is -2.25. The lowest BCUT2D eigenvalue weighted by molar-refractivity contribution is 0.137. The first-order valence-corrected chi connectivity index (χ1v) is 7.66. The van der Waals surface area contributed by atoms with Crippen LogP contribution < -0.4 is 10.1 Å². The Hall–Kier alpha value is -1.58. The molecule has 4 heteroatoms. The van der Waals surface area contributed by atoms with Gasteiger partial charge in [0.25, 0.3) is 0 Å². The fourth-order valence-electron chi connectivity index (χ4n) is 2.79. The fourth-order valence-corrected chi connectivity index (χ4v) is 3.00. The Kier molecular flexibility index (Phi) is 4.42. The van der Waals surface area contributed by atoms with Crippen molar-refractivity contribution in [3.63, 3.8) is 0 Å². The standard InChI is InChI=1S/C17H19ClN2O/c1-12-9-15(18)11-20-17(12)21-16(14-7-8-19-10-14)13-5-3-2-4-6-13/h2-6,9,11,14,16,19H,7-8,10H2,1H3/t14-,16?/m0/s1.